The third-order valence-corrected chi connectivity index (χ3v) is 2.63. The number of anilines is 1. The highest BCUT2D eigenvalue weighted by molar-refractivity contribution is 7.92. The van der Waals surface area contributed by atoms with Gasteiger partial charge in [-0.05, 0) is 37.1 Å². The summed E-state index contributed by atoms with van der Waals surface area (Å²) in [5.74, 6) is 0.756. The lowest BCUT2D eigenvalue weighted by atomic mass is 10.1. The lowest BCUT2D eigenvalue weighted by Crippen LogP contribution is -2.10. The van der Waals surface area contributed by atoms with Gasteiger partial charge in [-0.15, -0.1) is 0 Å². The molecule has 0 spiro atoms. The van der Waals surface area contributed by atoms with Crippen LogP contribution in [0.15, 0.2) is 12.1 Å². The van der Waals surface area contributed by atoms with Gasteiger partial charge in [0.2, 0.25) is 10.0 Å². The summed E-state index contributed by atoms with van der Waals surface area (Å²) in [7, 11) is -1.64. The van der Waals surface area contributed by atoms with Crippen molar-refractivity contribution >= 4 is 15.7 Å². The lowest BCUT2D eigenvalue weighted by molar-refractivity contribution is 0.411. The summed E-state index contributed by atoms with van der Waals surface area (Å²) in [6, 6.07) is 3.57. The van der Waals surface area contributed by atoms with E-state index >= 15 is 0 Å². The molecule has 0 bridgehead atoms. The van der Waals surface area contributed by atoms with Gasteiger partial charge >= 0.3 is 0 Å². The quantitative estimate of drug-likeness (QED) is 0.858. The Hall–Kier alpha value is -1.23. The van der Waals surface area contributed by atoms with Gasteiger partial charge in [0, 0.05) is 0 Å². The molecule has 0 unspecified atom stereocenters. The zero-order valence-electron chi connectivity index (χ0n) is 9.29. The monoisotopic (exact) mass is 229 g/mol. The van der Waals surface area contributed by atoms with Crippen molar-refractivity contribution < 1.29 is 13.2 Å². The zero-order valence-corrected chi connectivity index (χ0v) is 10.1. The number of rotatable bonds is 3. The minimum atomic E-state index is -3.23. The number of benzene rings is 1. The van der Waals surface area contributed by atoms with Gasteiger partial charge in [-0.3, -0.25) is 4.72 Å². The summed E-state index contributed by atoms with van der Waals surface area (Å²) in [4.78, 5) is 0. The average Bonchev–Trinajstić information content (AvgIpc) is 2.08. The summed E-state index contributed by atoms with van der Waals surface area (Å²) < 4.78 is 29.7. The van der Waals surface area contributed by atoms with Crippen LogP contribution in [0, 0.1) is 13.8 Å². The Morgan fingerprint density at radius 1 is 1.20 bits per heavy atom. The van der Waals surface area contributed by atoms with E-state index < -0.39 is 10.0 Å². The number of methoxy groups -OCH3 is 1. The average molecular weight is 229 g/mol. The fourth-order valence-corrected chi connectivity index (χ4v) is 1.94. The largest absolute Gasteiger partial charge is 0.496 e. The van der Waals surface area contributed by atoms with E-state index in [0.29, 0.717) is 5.69 Å². The van der Waals surface area contributed by atoms with E-state index in [1.165, 1.54) is 0 Å². The molecule has 0 aromatic heterocycles. The number of aryl methyl sites for hydroxylation is 2. The van der Waals surface area contributed by atoms with E-state index in [4.69, 9.17) is 4.74 Å². The Kier molecular flexibility index (Phi) is 3.24. The maximum Gasteiger partial charge on any atom is 0.229 e. The Morgan fingerprint density at radius 3 is 2.27 bits per heavy atom. The van der Waals surface area contributed by atoms with Crippen LogP contribution < -0.4 is 9.46 Å². The third kappa shape index (κ3) is 3.13. The minimum absolute atomic E-state index is 0.593. The predicted molar refractivity (Wildman–Crippen MR) is 60.9 cm³/mol. The van der Waals surface area contributed by atoms with Crippen LogP contribution in [0.4, 0.5) is 5.69 Å². The first kappa shape index (κ1) is 11.8. The summed E-state index contributed by atoms with van der Waals surface area (Å²) in [6.07, 6.45) is 1.13. The van der Waals surface area contributed by atoms with Crippen molar-refractivity contribution in [1.82, 2.24) is 0 Å². The standard InChI is InChI=1S/C10H15NO3S/c1-7-6-10(14-3)8(2)5-9(7)11-15(4,12)13/h5-6,11H,1-4H3. The van der Waals surface area contributed by atoms with Crippen LogP contribution in [-0.2, 0) is 10.0 Å². The van der Waals surface area contributed by atoms with Crippen molar-refractivity contribution in [2.24, 2.45) is 0 Å². The number of hydrogen-bond donors (Lipinski definition) is 1. The van der Waals surface area contributed by atoms with E-state index in [9.17, 15) is 8.42 Å². The summed E-state index contributed by atoms with van der Waals surface area (Å²) in [5.41, 5.74) is 2.33. The number of hydrogen-bond acceptors (Lipinski definition) is 3. The zero-order chi connectivity index (χ0) is 11.6. The molecule has 0 aliphatic heterocycles. The molecule has 84 valence electrons. The maximum absolute atomic E-state index is 11.1. The molecule has 0 heterocycles. The van der Waals surface area contributed by atoms with Gasteiger partial charge in [-0.25, -0.2) is 8.42 Å². The van der Waals surface area contributed by atoms with Crippen molar-refractivity contribution in [2.45, 2.75) is 13.8 Å². The fourth-order valence-electron chi connectivity index (χ4n) is 1.32. The molecular weight excluding hydrogens is 214 g/mol. The second kappa shape index (κ2) is 4.10. The Labute approximate surface area is 90.3 Å². The minimum Gasteiger partial charge on any atom is -0.496 e. The molecule has 0 amide bonds. The van der Waals surface area contributed by atoms with Crippen molar-refractivity contribution in [3.63, 3.8) is 0 Å². The summed E-state index contributed by atoms with van der Waals surface area (Å²) in [6.45, 7) is 3.70. The molecular formula is C10H15NO3S. The van der Waals surface area contributed by atoms with Gasteiger partial charge in [0.25, 0.3) is 0 Å². The van der Waals surface area contributed by atoms with Gasteiger partial charge in [-0.1, -0.05) is 0 Å². The molecule has 1 rings (SSSR count). The second-order valence-electron chi connectivity index (χ2n) is 3.51. The first-order valence-corrected chi connectivity index (χ1v) is 6.35. The fraction of sp³-hybridized carbons (Fsp3) is 0.400. The van der Waals surface area contributed by atoms with Crippen LogP contribution in [-0.4, -0.2) is 21.8 Å². The second-order valence-corrected chi connectivity index (χ2v) is 5.26. The SMILES string of the molecule is COc1cc(C)c(NS(C)(=O)=O)cc1C. The Morgan fingerprint density at radius 2 is 1.80 bits per heavy atom. The highest BCUT2D eigenvalue weighted by Crippen LogP contribution is 2.26. The van der Waals surface area contributed by atoms with E-state index in [2.05, 4.69) is 4.72 Å². The van der Waals surface area contributed by atoms with Gasteiger partial charge in [0.1, 0.15) is 5.75 Å². The van der Waals surface area contributed by atoms with Crippen molar-refractivity contribution in [3.8, 4) is 5.75 Å². The van der Waals surface area contributed by atoms with Crippen LogP contribution in [0.1, 0.15) is 11.1 Å². The highest BCUT2D eigenvalue weighted by atomic mass is 32.2. The van der Waals surface area contributed by atoms with E-state index in [0.717, 1.165) is 23.1 Å². The molecule has 0 saturated carbocycles. The smallest absolute Gasteiger partial charge is 0.229 e. The molecule has 0 radical (unpaired) electrons. The maximum atomic E-state index is 11.1. The van der Waals surface area contributed by atoms with E-state index in [1.54, 1.807) is 13.2 Å². The van der Waals surface area contributed by atoms with Crippen LogP contribution in [0.25, 0.3) is 0 Å². The van der Waals surface area contributed by atoms with Crippen molar-refractivity contribution in [2.75, 3.05) is 18.1 Å². The van der Waals surface area contributed by atoms with Crippen LogP contribution in [0.3, 0.4) is 0 Å². The summed E-state index contributed by atoms with van der Waals surface area (Å²) >= 11 is 0. The highest BCUT2D eigenvalue weighted by Gasteiger charge is 2.08. The predicted octanol–water partition coefficient (Wildman–Crippen LogP) is 1.68. The topological polar surface area (TPSA) is 55.4 Å². The summed E-state index contributed by atoms with van der Waals surface area (Å²) in [5, 5.41) is 0. The number of nitrogens with one attached hydrogen (secondary N) is 1. The van der Waals surface area contributed by atoms with Crippen LogP contribution in [0.2, 0.25) is 0 Å². The molecule has 0 aliphatic rings. The normalized spacial score (nSPS) is 11.2. The van der Waals surface area contributed by atoms with Gasteiger partial charge in [0.15, 0.2) is 0 Å². The van der Waals surface area contributed by atoms with Gasteiger partial charge in [0.05, 0.1) is 19.1 Å². The molecule has 0 fully saturated rings. The van der Waals surface area contributed by atoms with Crippen molar-refractivity contribution in [3.05, 3.63) is 23.3 Å². The van der Waals surface area contributed by atoms with Crippen LogP contribution >= 0.6 is 0 Å². The molecule has 0 saturated heterocycles. The first-order valence-electron chi connectivity index (χ1n) is 4.46. The van der Waals surface area contributed by atoms with Crippen LogP contribution in [0.5, 0.6) is 5.75 Å². The number of sulfonamides is 1. The van der Waals surface area contributed by atoms with E-state index in [-0.39, 0.29) is 0 Å². The molecule has 15 heavy (non-hydrogen) atoms. The molecule has 1 N–H and O–H groups in total. The van der Waals surface area contributed by atoms with Gasteiger partial charge < -0.3 is 4.74 Å². The molecule has 4 nitrogen and oxygen atoms in total. The molecule has 1 aromatic rings. The number of ether oxygens (including phenoxy) is 1. The first-order chi connectivity index (χ1) is 6.83. The van der Waals surface area contributed by atoms with Gasteiger partial charge in [-0.2, -0.15) is 0 Å². The van der Waals surface area contributed by atoms with Crippen molar-refractivity contribution in [1.29, 1.82) is 0 Å². The lowest BCUT2D eigenvalue weighted by Gasteiger charge is -2.11. The Balaban J connectivity index is 3.17. The third-order valence-electron chi connectivity index (χ3n) is 2.04. The molecule has 1 aromatic carbocycles. The molecule has 0 aliphatic carbocycles. The molecule has 0 atom stereocenters. The van der Waals surface area contributed by atoms with E-state index in [1.807, 2.05) is 19.9 Å². The Bertz CT molecular complexity index is 466. The molecule has 5 heteroatoms.